The van der Waals surface area contributed by atoms with E-state index in [4.69, 9.17) is 15.3 Å². The molecule has 0 atom stereocenters. The SMILES string of the molecule is CN1CCN(c2ccc3nc(-c4ccc(OCc5cn(CCN=[N+]=[N-])nn5)cc4)[nH]c3c2)CC1. The first-order chi connectivity index (χ1) is 16.7. The number of fused-ring (bicyclic) bond motifs is 1. The van der Waals surface area contributed by atoms with Crippen molar-refractivity contribution in [1.29, 1.82) is 0 Å². The van der Waals surface area contributed by atoms with Gasteiger partial charge in [-0.3, -0.25) is 4.68 Å². The molecule has 4 aromatic rings. The number of imidazole rings is 1. The molecule has 1 N–H and O–H groups in total. The van der Waals surface area contributed by atoms with Crippen LogP contribution in [0.3, 0.4) is 0 Å². The van der Waals surface area contributed by atoms with Crippen LogP contribution in [0.2, 0.25) is 0 Å². The van der Waals surface area contributed by atoms with Crippen molar-refractivity contribution in [2.75, 3.05) is 44.7 Å². The Morgan fingerprint density at radius 2 is 1.94 bits per heavy atom. The maximum absolute atomic E-state index is 8.34. The summed E-state index contributed by atoms with van der Waals surface area (Å²) in [6, 6.07) is 14.3. The molecule has 1 saturated heterocycles. The number of nitrogens with one attached hydrogen (secondary N) is 1. The third-order valence-corrected chi connectivity index (χ3v) is 5.93. The summed E-state index contributed by atoms with van der Waals surface area (Å²) in [7, 11) is 2.17. The third kappa shape index (κ3) is 4.95. The van der Waals surface area contributed by atoms with Crippen LogP contribution in [0.4, 0.5) is 5.69 Å². The van der Waals surface area contributed by atoms with Crippen LogP contribution in [0.1, 0.15) is 5.69 Å². The molecular formula is C23H26N10O. The highest BCUT2D eigenvalue weighted by Gasteiger charge is 2.15. The van der Waals surface area contributed by atoms with Crippen molar-refractivity contribution in [2.24, 2.45) is 5.11 Å². The van der Waals surface area contributed by atoms with Gasteiger partial charge in [0.25, 0.3) is 0 Å². The van der Waals surface area contributed by atoms with Crippen LogP contribution in [0, 0.1) is 0 Å². The zero-order valence-electron chi connectivity index (χ0n) is 19.0. The summed E-state index contributed by atoms with van der Waals surface area (Å²) >= 11 is 0. The first-order valence-electron chi connectivity index (χ1n) is 11.2. The van der Waals surface area contributed by atoms with Gasteiger partial charge in [-0.15, -0.1) is 5.10 Å². The average Bonchev–Trinajstić information content (AvgIpc) is 3.50. The lowest BCUT2D eigenvalue weighted by atomic mass is 10.2. The fraction of sp³-hybridized carbons (Fsp3) is 0.348. The molecule has 1 aliphatic rings. The molecule has 3 heterocycles. The number of benzene rings is 2. The highest BCUT2D eigenvalue weighted by atomic mass is 16.5. The molecule has 0 spiro atoms. The van der Waals surface area contributed by atoms with Crippen molar-refractivity contribution in [2.45, 2.75) is 13.2 Å². The Hall–Kier alpha value is -4.08. The minimum Gasteiger partial charge on any atom is -0.487 e. The maximum Gasteiger partial charge on any atom is 0.138 e. The fourth-order valence-electron chi connectivity index (χ4n) is 3.97. The zero-order valence-corrected chi connectivity index (χ0v) is 19.0. The molecule has 0 bridgehead atoms. The molecule has 1 fully saturated rings. The van der Waals surface area contributed by atoms with E-state index in [-0.39, 0.29) is 0 Å². The summed E-state index contributed by atoms with van der Waals surface area (Å²) in [6.45, 7) is 5.36. The lowest BCUT2D eigenvalue weighted by Gasteiger charge is -2.34. The van der Waals surface area contributed by atoms with Gasteiger partial charge < -0.3 is 19.5 Å². The predicted molar refractivity (Wildman–Crippen MR) is 130 cm³/mol. The van der Waals surface area contributed by atoms with Crippen molar-refractivity contribution in [3.63, 3.8) is 0 Å². The number of rotatable bonds is 8. The van der Waals surface area contributed by atoms with Crippen LogP contribution in [0.5, 0.6) is 5.75 Å². The topological polar surface area (TPSA) is 124 Å². The molecule has 11 heteroatoms. The van der Waals surface area contributed by atoms with Crippen LogP contribution in [-0.2, 0) is 13.2 Å². The number of anilines is 1. The van der Waals surface area contributed by atoms with E-state index >= 15 is 0 Å². The fourth-order valence-corrected chi connectivity index (χ4v) is 3.97. The average molecular weight is 459 g/mol. The third-order valence-electron chi connectivity index (χ3n) is 5.93. The van der Waals surface area contributed by atoms with Crippen molar-refractivity contribution < 1.29 is 4.74 Å². The molecule has 0 unspecified atom stereocenters. The largest absolute Gasteiger partial charge is 0.487 e. The highest BCUT2D eigenvalue weighted by Crippen LogP contribution is 2.26. The Bertz CT molecular complexity index is 1300. The van der Waals surface area contributed by atoms with Crippen LogP contribution < -0.4 is 9.64 Å². The summed E-state index contributed by atoms with van der Waals surface area (Å²) < 4.78 is 7.47. The summed E-state index contributed by atoms with van der Waals surface area (Å²) in [4.78, 5) is 15.7. The standard InChI is InChI=1S/C23H26N10O/c1-31-10-12-32(13-11-31)19-4-7-21-22(14-19)27-23(26-21)17-2-5-20(6-3-17)34-16-18-15-33(30-28-18)9-8-25-29-24/h2-7,14-15H,8-13,16H2,1H3,(H,26,27). The van der Waals surface area contributed by atoms with Gasteiger partial charge in [-0.25, -0.2) is 4.98 Å². The number of azide groups is 1. The molecule has 0 saturated carbocycles. The molecule has 11 nitrogen and oxygen atoms in total. The molecule has 1 aliphatic heterocycles. The van der Waals surface area contributed by atoms with Gasteiger partial charge in [0.1, 0.15) is 23.9 Å². The summed E-state index contributed by atoms with van der Waals surface area (Å²) in [6.07, 6.45) is 1.78. The van der Waals surface area contributed by atoms with Gasteiger partial charge in [-0.05, 0) is 55.0 Å². The number of ether oxygens (including phenoxy) is 1. The number of nitrogens with zero attached hydrogens (tertiary/aromatic N) is 9. The normalized spacial score (nSPS) is 14.3. The Morgan fingerprint density at radius 3 is 2.74 bits per heavy atom. The van der Waals surface area contributed by atoms with E-state index in [9.17, 15) is 0 Å². The number of aromatic amines is 1. The zero-order chi connectivity index (χ0) is 23.3. The monoisotopic (exact) mass is 458 g/mol. The number of aromatic nitrogens is 5. The first kappa shape index (κ1) is 21.7. The molecule has 5 rings (SSSR count). The number of H-pyrrole nitrogens is 1. The second-order valence-electron chi connectivity index (χ2n) is 8.32. The number of hydrogen-bond donors (Lipinski definition) is 1. The maximum atomic E-state index is 8.34. The Balaban J connectivity index is 1.22. The minimum atomic E-state index is 0.306. The minimum absolute atomic E-state index is 0.306. The molecular weight excluding hydrogens is 432 g/mol. The lowest BCUT2D eigenvalue weighted by molar-refractivity contribution is 0.301. The molecule has 2 aromatic carbocycles. The van der Waals surface area contributed by atoms with Crippen LogP contribution >= 0.6 is 0 Å². The number of piperazine rings is 1. The van der Waals surface area contributed by atoms with Crippen molar-refractivity contribution in [1.82, 2.24) is 29.9 Å². The predicted octanol–water partition coefficient (Wildman–Crippen LogP) is 3.46. The molecule has 34 heavy (non-hydrogen) atoms. The van der Waals surface area contributed by atoms with Gasteiger partial charge in [0.05, 0.1) is 17.2 Å². The summed E-state index contributed by atoms with van der Waals surface area (Å²) in [5, 5.41) is 11.6. The van der Waals surface area contributed by atoms with E-state index in [2.05, 4.69) is 60.4 Å². The van der Waals surface area contributed by atoms with E-state index in [1.165, 1.54) is 5.69 Å². The van der Waals surface area contributed by atoms with Gasteiger partial charge in [0.2, 0.25) is 0 Å². The molecule has 0 radical (unpaired) electrons. The Kier molecular flexibility index (Phi) is 6.28. The van der Waals surface area contributed by atoms with E-state index < -0.39 is 0 Å². The van der Waals surface area contributed by atoms with E-state index in [1.54, 1.807) is 10.9 Å². The first-order valence-corrected chi connectivity index (χ1v) is 11.2. The Morgan fingerprint density at radius 1 is 1.12 bits per heavy atom. The Labute approximate surface area is 196 Å². The van der Waals surface area contributed by atoms with E-state index in [0.29, 0.717) is 25.4 Å². The highest BCUT2D eigenvalue weighted by molar-refractivity contribution is 5.83. The quantitative estimate of drug-likeness (QED) is 0.245. The van der Waals surface area contributed by atoms with Crippen molar-refractivity contribution >= 4 is 16.7 Å². The van der Waals surface area contributed by atoms with Gasteiger partial charge in [0, 0.05) is 55.4 Å². The van der Waals surface area contributed by atoms with Gasteiger partial charge in [-0.2, -0.15) is 0 Å². The van der Waals surface area contributed by atoms with E-state index in [1.807, 2.05) is 24.3 Å². The van der Waals surface area contributed by atoms with E-state index in [0.717, 1.165) is 54.3 Å². The summed E-state index contributed by atoms with van der Waals surface area (Å²) in [5.74, 6) is 1.57. The smallest absolute Gasteiger partial charge is 0.138 e. The van der Waals surface area contributed by atoms with Gasteiger partial charge in [0.15, 0.2) is 0 Å². The van der Waals surface area contributed by atoms with Crippen molar-refractivity contribution in [3.05, 3.63) is 64.8 Å². The van der Waals surface area contributed by atoms with Crippen LogP contribution in [0.15, 0.2) is 53.8 Å². The number of likely N-dealkylation sites (N-methyl/N-ethyl adjacent to an activating group) is 1. The van der Waals surface area contributed by atoms with Gasteiger partial charge in [-0.1, -0.05) is 10.3 Å². The van der Waals surface area contributed by atoms with Gasteiger partial charge >= 0.3 is 0 Å². The molecule has 174 valence electrons. The summed E-state index contributed by atoms with van der Waals surface area (Å²) in [5.41, 5.74) is 13.3. The second kappa shape index (κ2) is 9.82. The molecule has 2 aromatic heterocycles. The number of hydrogen-bond acceptors (Lipinski definition) is 7. The molecule has 0 amide bonds. The lowest BCUT2D eigenvalue weighted by Crippen LogP contribution is -2.44. The van der Waals surface area contributed by atoms with Crippen LogP contribution in [0.25, 0.3) is 32.9 Å². The second-order valence-corrected chi connectivity index (χ2v) is 8.32. The molecule has 0 aliphatic carbocycles. The van der Waals surface area contributed by atoms with Crippen LogP contribution in [-0.4, -0.2) is 69.6 Å². The van der Waals surface area contributed by atoms with Crippen molar-refractivity contribution in [3.8, 4) is 17.1 Å².